The number of amides is 1. The summed E-state index contributed by atoms with van der Waals surface area (Å²) in [6.07, 6.45) is -7.24. The Kier molecular flexibility index (Phi) is 8.77. The molecule has 45 heavy (non-hydrogen) atoms. The van der Waals surface area contributed by atoms with E-state index in [0.717, 1.165) is 23.2 Å². The van der Waals surface area contributed by atoms with E-state index in [4.69, 9.17) is 0 Å². The summed E-state index contributed by atoms with van der Waals surface area (Å²) in [6, 6.07) is 18.0. The Morgan fingerprint density at radius 1 is 0.822 bits per heavy atom. The van der Waals surface area contributed by atoms with Crippen molar-refractivity contribution in [2.75, 3.05) is 41.7 Å². The van der Waals surface area contributed by atoms with E-state index >= 15 is 0 Å². The number of rotatable bonds is 5. The van der Waals surface area contributed by atoms with Crippen LogP contribution in [0.1, 0.15) is 5.56 Å². The number of anilines is 4. The lowest BCUT2D eigenvalue weighted by atomic mass is 10.0. The van der Waals surface area contributed by atoms with Crippen molar-refractivity contribution in [3.63, 3.8) is 0 Å². The Labute approximate surface area is 259 Å². The second-order valence-electron chi connectivity index (χ2n) is 10.2. The van der Waals surface area contributed by atoms with Crippen LogP contribution in [0.15, 0.2) is 79.1 Å². The fraction of sp³-hybridized carbons (Fsp3) is 0.194. The number of hydrogen-bond donors (Lipinski definition) is 3. The van der Waals surface area contributed by atoms with Gasteiger partial charge in [-0.25, -0.2) is 0 Å². The topological polar surface area (TPSA) is 82.2 Å². The van der Waals surface area contributed by atoms with Crippen LogP contribution in [0, 0.1) is 0 Å². The van der Waals surface area contributed by atoms with Crippen LogP contribution in [0.4, 0.5) is 49.1 Å². The number of aromatic nitrogens is 2. The molecular weight excluding hydrogens is 622 g/mol. The van der Waals surface area contributed by atoms with Gasteiger partial charge in [-0.1, -0.05) is 24.3 Å². The van der Waals surface area contributed by atoms with E-state index < -0.39 is 23.8 Å². The van der Waals surface area contributed by atoms with Crippen molar-refractivity contribution in [1.82, 2.24) is 15.3 Å². The molecule has 3 aromatic carbocycles. The van der Waals surface area contributed by atoms with E-state index in [1.165, 1.54) is 12.1 Å². The molecule has 0 radical (unpaired) electrons. The SMILES string of the molecule is Cl.O=C(Nc1cnc2ccc(-c3cnc4ccccc4c3)cc2c1Nc1ccc(N2CCNCC2)c(C(F)(F)F)c1)C(F)(F)F. The first-order valence-corrected chi connectivity index (χ1v) is 13.6. The number of hydrogen-bond acceptors (Lipinski definition) is 6. The highest BCUT2D eigenvalue weighted by Gasteiger charge is 2.39. The van der Waals surface area contributed by atoms with Gasteiger partial charge in [0, 0.05) is 60.1 Å². The van der Waals surface area contributed by atoms with Crippen LogP contribution in [-0.2, 0) is 11.0 Å². The number of benzene rings is 3. The molecule has 3 heterocycles. The fourth-order valence-electron chi connectivity index (χ4n) is 5.19. The molecule has 7 nitrogen and oxygen atoms in total. The zero-order chi connectivity index (χ0) is 31.1. The fourth-order valence-corrected chi connectivity index (χ4v) is 5.19. The lowest BCUT2D eigenvalue weighted by Gasteiger charge is -2.32. The molecule has 0 aliphatic carbocycles. The van der Waals surface area contributed by atoms with E-state index in [0.29, 0.717) is 42.8 Å². The lowest BCUT2D eigenvalue weighted by molar-refractivity contribution is -0.167. The van der Waals surface area contributed by atoms with Crippen LogP contribution in [0.2, 0.25) is 0 Å². The molecule has 3 N–H and O–H groups in total. The monoisotopic (exact) mass is 646 g/mol. The Morgan fingerprint density at radius 2 is 1.56 bits per heavy atom. The number of halogens is 7. The third kappa shape index (κ3) is 6.74. The van der Waals surface area contributed by atoms with Crippen LogP contribution in [0.3, 0.4) is 0 Å². The maximum Gasteiger partial charge on any atom is 0.471 e. The molecule has 5 aromatic rings. The van der Waals surface area contributed by atoms with Crippen LogP contribution in [0.25, 0.3) is 32.9 Å². The first-order chi connectivity index (χ1) is 21.0. The van der Waals surface area contributed by atoms with Gasteiger partial charge < -0.3 is 20.9 Å². The number of nitrogens with one attached hydrogen (secondary N) is 3. The third-order valence-corrected chi connectivity index (χ3v) is 7.33. The molecule has 2 aromatic heterocycles. The zero-order valence-electron chi connectivity index (χ0n) is 23.3. The van der Waals surface area contributed by atoms with Crippen molar-refractivity contribution in [2.24, 2.45) is 0 Å². The van der Waals surface area contributed by atoms with Gasteiger partial charge in [0.15, 0.2) is 0 Å². The summed E-state index contributed by atoms with van der Waals surface area (Å²) in [5.41, 5.74) is 1.09. The van der Waals surface area contributed by atoms with Gasteiger partial charge in [-0.05, 0) is 48.0 Å². The highest BCUT2D eigenvalue weighted by atomic mass is 35.5. The standard InChI is InChI=1S/C31H24F6N6O.ClH/c32-30(33,34)23-15-21(6-8-27(23)43-11-9-38-10-12-43)41-28-22-14-18(20-13-19-3-1-2-4-24(19)39-16-20)5-7-25(22)40-17-26(28)42-29(44)31(35,36)37;/h1-8,13-17,38H,9-12H2,(H,40,41)(H,42,44);1H. The van der Waals surface area contributed by atoms with E-state index in [9.17, 15) is 31.1 Å². The van der Waals surface area contributed by atoms with Crippen LogP contribution >= 0.6 is 12.4 Å². The normalized spacial score (nSPS) is 13.9. The molecule has 14 heteroatoms. The van der Waals surface area contributed by atoms with Crippen molar-refractivity contribution in [3.05, 3.63) is 84.7 Å². The molecule has 1 aliphatic rings. The summed E-state index contributed by atoms with van der Waals surface area (Å²) in [4.78, 5) is 22.2. The smallest absolute Gasteiger partial charge is 0.368 e. The molecule has 1 amide bonds. The summed E-state index contributed by atoms with van der Waals surface area (Å²) in [6.45, 7) is 1.81. The number of pyridine rings is 2. The first kappa shape index (κ1) is 31.8. The number of piperazine rings is 1. The van der Waals surface area contributed by atoms with E-state index in [-0.39, 0.29) is 40.5 Å². The van der Waals surface area contributed by atoms with E-state index in [1.807, 2.05) is 35.6 Å². The predicted octanol–water partition coefficient (Wildman–Crippen LogP) is 7.54. The maximum atomic E-state index is 14.2. The third-order valence-electron chi connectivity index (χ3n) is 7.33. The molecule has 0 saturated carbocycles. The molecule has 1 fully saturated rings. The number of nitrogens with zero attached hydrogens (tertiary/aromatic N) is 3. The summed E-state index contributed by atoms with van der Waals surface area (Å²) < 4.78 is 82.4. The van der Waals surface area contributed by atoms with Gasteiger partial charge >= 0.3 is 18.3 Å². The second-order valence-corrected chi connectivity index (χ2v) is 10.2. The van der Waals surface area contributed by atoms with Crippen LogP contribution < -0.4 is 20.9 Å². The zero-order valence-corrected chi connectivity index (χ0v) is 24.1. The Bertz CT molecular complexity index is 1870. The molecule has 1 saturated heterocycles. The maximum absolute atomic E-state index is 14.2. The number of carbonyl (C=O) groups is 1. The van der Waals surface area contributed by atoms with Gasteiger partial charge in [0.25, 0.3) is 0 Å². The lowest BCUT2D eigenvalue weighted by Crippen LogP contribution is -2.44. The van der Waals surface area contributed by atoms with Crippen molar-refractivity contribution < 1.29 is 31.1 Å². The minimum atomic E-state index is -5.21. The Balaban J connectivity index is 0.00000400. The molecule has 0 spiro atoms. The van der Waals surface area contributed by atoms with Gasteiger partial charge in [-0.2, -0.15) is 26.3 Å². The average molecular weight is 647 g/mol. The summed E-state index contributed by atoms with van der Waals surface area (Å²) in [5.74, 6) is -2.25. The van der Waals surface area contributed by atoms with Crippen molar-refractivity contribution in [2.45, 2.75) is 12.4 Å². The Hall–Kier alpha value is -4.62. The van der Waals surface area contributed by atoms with Gasteiger partial charge in [-0.15, -0.1) is 12.4 Å². The minimum Gasteiger partial charge on any atom is -0.368 e. The predicted molar refractivity (Wildman–Crippen MR) is 164 cm³/mol. The quantitative estimate of drug-likeness (QED) is 0.171. The highest BCUT2D eigenvalue weighted by molar-refractivity contribution is 6.06. The number of carbonyl (C=O) groups excluding carboxylic acids is 1. The van der Waals surface area contributed by atoms with E-state index in [1.54, 1.807) is 29.3 Å². The Morgan fingerprint density at radius 3 is 2.29 bits per heavy atom. The summed E-state index contributed by atoms with van der Waals surface area (Å²) in [5, 5.41) is 8.90. The molecule has 234 valence electrons. The minimum absolute atomic E-state index is 0. The molecule has 0 unspecified atom stereocenters. The molecule has 0 atom stereocenters. The summed E-state index contributed by atoms with van der Waals surface area (Å²) in [7, 11) is 0. The second kappa shape index (κ2) is 12.4. The van der Waals surface area contributed by atoms with Crippen molar-refractivity contribution >= 4 is 62.9 Å². The average Bonchev–Trinajstić information content (AvgIpc) is 3.01. The van der Waals surface area contributed by atoms with Gasteiger partial charge in [-0.3, -0.25) is 14.8 Å². The molecule has 0 bridgehead atoms. The molecule has 6 rings (SSSR count). The number of para-hydroxylation sites is 1. The van der Waals surface area contributed by atoms with Crippen molar-refractivity contribution in [1.29, 1.82) is 0 Å². The molecule has 1 aliphatic heterocycles. The van der Waals surface area contributed by atoms with Gasteiger partial charge in [0.2, 0.25) is 0 Å². The highest BCUT2D eigenvalue weighted by Crippen LogP contribution is 2.41. The number of fused-ring (bicyclic) bond motifs is 2. The largest absolute Gasteiger partial charge is 0.471 e. The van der Waals surface area contributed by atoms with Crippen LogP contribution in [-0.4, -0.2) is 48.2 Å². The number of alkyl halides is 6. The summed E-state index contributed by atoms with van der Waals surface area (Å²) >= 11 is 0. The van der Waals surface area contributed by atoms with E-state index in [2.05, 4.69) is 20.6 Å². The van der Waals surface area contributed by atoms with Gasteiger partial charge in [0.05, 0.1) is 34.2 Å². The first-order valence-electron chi connectivity index (χ1n) is 13.6. The van der Waals surface area contributed by atoms with Crippen LogP contribution in [0.5, 0.6) is 0 Å². The van der Waals surface area contributed by atoms with Gasteiger partial charge in [0.1, 0.15) is 0 Å². The van der Waals surface area contributed by atoms with Crippen molar-refractivity contribution in [3.8, 4) is 11.1 Å². The molecular formula is C31H25ClF6N6O.